The molecule has 1 N–H and O–H groups in total. The molecule has 0 radical (unpaired) electrons. The summed E-state index contributed by atoms with van der Waals surface area (Å²) in [6.45, 7) is 0.509. The molecule has 7 nitrogen and oxygen atoms in total. The van der Waals surface area contributed by atoms with Gasteiger partial charge < -0.3 is 19.4 Å². The molecule has 4 rings (SSSR count). The molecular weight excluding hydrogens is 392 g/mol. The number of amides is 2. The van der Waals surface area contributed by atoms with Gasteiger partial charge in [-0.3, -0.25) is 14.4 Å². The molecule has 3 unspecified atom stereocenters. The number of thioether (sulfide) groups is 1. The van der Waals surface area contributed by atoms with Gasteiger partial charge in [-0.1, -0.05) is 30.3 Å². The first-order chi connectivity index (χ1) is 14.1. The molecule has 2 aliphatic rings. The number of likely N-dealkylation sites (tertiary alicyclic amines) is 1. The van der Waals surface area contributed by atoms with E-state index in [2.05, 4.69) is 5.32 Å². The monoisotopic (exact) mass is 414 g/mol. The largest absolute Gasteiger partial charge is 0.472 e. The molecule has 29 heavy (non-hydrogen) atoms. The van der Waals surface area contributed by atoms with E-state index in [-0.39, 0.29) is 30.3 Å². The number of nitrogens with one attached hydrogen (secondary N) is 1. The van der Waals surface area contributed by atoms with E-state index in [9.17, 15) is 14.4 Å². The first kappa shape index (κ1) is 19.7. The maximum Gasteiger partial charge on any atom is 0.255 e. The molecule has 3 heterocycles. The van der Waals surface area contributed by atoms with Gasteiger partial charge in [0.15, 0.2) is 5.78 Å². The van der Waals surface area contributed by atoms with Gasteiger partial charge in [0.1, 0.15) is 25.0 Å². The van der Waals surface area contributed by atoms with Crippen molar-refractivity contribution >= 4 is 29.4 Å². The highest BCUT2D eigenvalue weighted by Crippen LogP contribution is 2.28. The summed E-state index contributed by atoms with van der Waals surface area (Å²) in [5.74, 6) is 0.439. The lowest BCUT2D eigenvalue weighted by atomic mass is 10.1. The number of ketones is 1. The van der Waals surface area contributed by atoms with E-state index in [1.807, 2.05) is 30.3 Å². The SMILES string of the molecule is O=C(NC(CSCc1ccccc1)C(=O)N1CCC2OCC(=O)C21)c1ccoc1. The number of Topliss-reactive ketones (excluding diaryl/α,β-unsaturated/α-hetero) is 1. The maximum absolute atomic E-state index is 13.2. The number of nitrogens with zero attached hydrogens (tertiary/aromatic N) is 1. The predicted molar refractivity (Wildman–Crippen MR) is 107 cm³/mol. The molecule has 1 aromatic heterocycles. The second kappa shape index (κ2) is 8.84. The maximum atomic E-state index is 13.2. The van der Waals surface area contributed by atoms with Crippen LogP contribution in [0.5, 0.6) is 0 Å². The smallest absolute Gasteiger partial charge is 0.255 e. The van der Waals surface area contributed by atoms with Gasteiger partial charge in [-0.15, -0.1) is 0 Å². The van der Waals surface area contributed by atoms with Crippen LogP contribution in [-0.4, -0.2) is 59.6 Å². The second-order valence-electron chi connectivity index (χ2n) is 7.12. The summed E-state index contributed by atoms with van der Waals surface area (Å²) in [6.07, 6.45) is 3.17. The van der Waals surface area contributed by atoms with Gasteiger partial charge in [0.05, 0.1) is 17.9 Å². The van der Waals surface area contributed by atoms with Crippen LogP contribution in [0.1, 0.15) is 22.3 Å². The van der Waals surface area contributed by atoms with E-state index < -0.39 is 12.1 Å². The fourth-order valence-corrected chi connectivity index (χ4v) is 4.73. The molecule has 2 amide bonds. The molecule has 2 saturated heterocycles. The van der Waals surface area contributed by atoms with Crippen molar-refractivity contribution in [1.29, 1.82) is 0 Å². The fourth-order valence-electron chi connectivity index (χ4n) is 3.72. The summed E-state index contributed by atoms with van der Waals surface area (Å²) >= 11 is 1.57. The summed E-state index contributed by atoms with van der Waals surface area (Å²) in [5, 5.41) is 2.81. The lowest BCUT2D eigenvalue weighted by Crippen LogP contribution is -2.53. The zero-order valence-corrected chi connectivity index (χ0v) is 16.6. The predicted octanol–water partition coefficient (Wildman–Crippen LogP) is 1.88. The van der Waals surface area contributed by atoms with E-state index in [0.29, 0.717) is 24.3 Å². The summed E-state index contributed by atoms with van der Waals surface area (Å²) in [7, 11) is 0. The van der Waals surface area contributed by atoms with Gasteiger partial charge >= 0.3 is 0 Å². The van der Waals surface area contributed by atoms with Crippen LogP contribution >= 0.6 is 11.8 Å². The molecule has 2 aromatic rings. The minimum Gasteiger partial charge on any atom is -0.472 e. The standard InChI is InChI=1S/C21H22N2O5S/c24-17-11-28-18-6-8-23(19(17)18)21(26)16(22-20(25)15-7-9-27-10-15)13-29-12-14-4-2-1-3-5-14/h1-5,7,9-10,16,18-19H,6,8,11-13H2,(H,22,25). The highest BCUT2D eigenvalue weighted by molar-refractivity contribution is 7.98. The van der Waals surface area contributed by atoms with Crippen molar-refractivity contribution < 1.29 is 23.5 Å². The molecule has 3 atom stereocenters. The summed E-state index contributed by atoms with van der Waals surface area (Å²) in [5.41, 5.74) is 1.50. The Morgan fingerprint density at radius 2 is 2.07 bits per heavy atom. The number of benzene rings is 1. The highest BCUT2D eigenvalue weighted by Gasteiger charge is 2.48. The molecule has 0 aliphatic carbocycles. The van der Waals surface area contributed by atoms with E-state index >= 15 is 0 Å². The highest BCUT2D eigenvalue weighted by atomic mass is 32.2. The lowest BCUT2D eigenvalue weighted by molar-refractivity contribution is -0.137. The van der Waals surface area contributed by atoms with Crippen molar-refractivity contribution in [3.63, 3.8) is 0 Å². The van der Waals surface area contributed by atoms with Crippen molar-refractivity contribution in [2.24, 2.45) is 0 Å². The number of ether oxygens (including phenoxy) is 1. The second-order valence-corrected chi connectivity index (χ2v) is 8.15. The van der Waals surface area contributed by atoms with Crippen LogP contribution in [0, 0.1) is 0 Å². The van der Waals surface area contributed by atoms with Crippen LogP contribution in [-0.2, 0) is 20.1 Å². The normalized spacial score (nSPS) is 21.8. The summed E-state index contributed by atoms with van der Waals surface area (Å²) < 4.78 is 10.4. The molecule has 152 valence electrons. The minimum absolute atomic E-state index is 0.0495. The van der Waals surface area contributed by atoms with Gasteiger partial charge in [0.25, 0.3) is 5.91 Å². The Labute approximate surface area is 172 Å². The fraction of sp³-hybridized carbons (Fsp3) is 0.381. The van der Waals surface area contributed by atoms with E-state index in [1.165, 1.54) is 12.5 Å². The zero-order valence-electron chi connectivity index (χ0n) is 15.8. The third-order valence-electron chi connectivity index (χ3n) is 5.18. The first-order valence-corrected chi connectivity index (χ1v) is 10.7. The molecule has 1 aromatic carbocycles. The van der Waals surface area contributed by atoms with Gasteiger partial charge in [0, 0.05) is 18.1 Å². The van der Waals surface area contributed by atoms with E-state index in [0.717, 1.165) is 11.3 Å². The number of rotatable bonds is 7. The van der Waals surface area contributed by atoms with Crippen LogP contribution in [0.3, 0.4) is 0 Å². The third kappa shape index (κ3) is 4.38. The Morgan fingerprint density at radius 1 is 1.24 bits per heavy atom. The number of fused-ring (bicyclic) bond motifs is 1. The topological polar surface area (TPSA) is 88.9 Å². The average Bonchev–Trinajstić information content (AvgIpc) is 3.47. The molecule has 8 heteroatoms. The van der Waals surface area contributed by atoms with Gasteiger partial charge in [0.2, 0.25) is 5.91 Å². The van der Waals surface area contributed by atoms with Gasteiger partial charge in [-0.25, -0.2) is 0 Å². The molecule has 0 bridgehead atoms. The third-order valence-corrected chi connectivity index (χ3v) is 6.28. The van der Waals surface area contributed by atoms with Crippen LogP contribution < -0.4 is 5.32 Å². The minimum atomic E-state index is -0.738. The summed E-state index contributed by atoms with van der Waals surface area (Å²) in [6, 6.07) is 10.2. The van der Waals surface area contributed by atoms with Crippen LogP contribution in [0.2, 0.25) is 0 Å². The Balaban J connectivity index is 1.45. The van der Waals surface area contributed by atoms with Crippen LogP contribution in [0.25, 0.3) is 0 Å². The Hall–Kier alpha value is -2.58. The van der Waals surface area contributed by atoms with Crippen molar-refractivity contribution in [2.75, 3.05) is 18.9 Å². The number of carbonyl (C=O) groups excluding carboxylic acids is 3. The molecule has 0 spiro atoms. The summed E-state index contributed by atoms with van der Waals surface area (Å²) in [4.78, 5) is 39.5. The van der Waals surface area contributed by atoms with Gasteiger partial charge in [-0.05, 0) is 18.1 Å². The molecule has 2 aliphatic heterocycles. The number of furan rings is 1. The quantitative estimate of drug-likeness (QED) is 0.744. The average molecular weight is 414 g/mol. The number of hydrogen-bond acceptors (Lipinski definition) is 6. The molecular formula is C21H22N2O5S. The molecule has 2 fully saturated rings. The van der Waals surface area contributed by atoms with Crippen LogP contribution in [0.15, 0.2) is 53.3 Å². The lowest BCUT2D eigenvalue weighted by Gasteiger charge is -2.27. The Morgan fingerprint density at radius 3 is 2.83 bits per heavy atom. The van der Waals surface area contributed by atoms with E-state index in [1.54, 1.807) is 22.7 Å². The number of hydrogen-bond donors (Lipinski definition) is 1. The van der Waals surface area contributed by atoms with Crippen molar-refractivity contribution in [1.82, 2.24) is 10.2 Å². The molecule has 0 saturated carbocycles. The van der Waals surface area contributed by atoms with Crippen molar-refractivity contribution in [3.05, 3.63) is 60.1 Å². The van der Waals surface area contributed by atoms with E-state index in [4.69, 9.17) is 9.15 Å². The number of carbonyl (C=O) groups is 3. The Kier molecular flexibility index (Phi) is 6.01. The zero-order chi connectivity index (χ0) is 20.2. The first-order valence-electron chi connectivity index (χ1n) is 9.53. The Bertz CT molecular complexity index is 870. The van der Waals surface area contributed by atoms with Crippen molar-refractivity contribution in [2.45, 2.75) is 30.4 Å². The van der Waals surface area contributed by atoms with Gasteiger partial charge in [-0.2, -0.15) is 11.8 Å². The van der Waals surface area contributed by atoms with Crippen molar-refractivity contribution in [3.8, 4) is 0 Å². The van der Waals surface area contributed by atoms with Crippen LogP contribution in [0.4, 0.5) is 0 Å².